The highest BCUT2D eigenvalue weighted by atomic mass is 32.1. The van der Waals surface area contributed by atoms with Crippen molar-refractivity contribution in [2.45, 2.75) is 51.6 Å². The van der Waals surface area contributed by atoms with E-state index in [9.17, 15) is 0 Å². The Hall–Kier alpha value is -1.33. The zero-order chi connectivity index (χ0) is 17.4. The van der Waals surface area contributed by atoms with E-state index in [0.29, 0.717) is 12.1 Å². The summed E-state index contributed by atoms with van der Waals surface area (Å²) in [6, 6.07) is 9.38. The summed E-state index contributed by atoms with van der Waals surface area (Å²) in [5.74, 6) is 0.893. The van der Waals surface area contributed by atoms with Crippen LogP contribution in [-0.2, 0) is 6.42 Å². The van der Waals surface area contributed by atoms with Gasteiger partial charge in [-0.3, -0.25) is 4.90 Å². The Balaban J connectivity index is 1.63. The molecule has 0 spiro atoms. The molecule has 1 aliphatic rings. The van der Waals surface area contributed by atoms with Crippen LogP contribution in [0.25, 0.3) is 0 Å². The van der Waals surface area contributed by atoms with E-state index in [2.05, 4.69) is 41.5 Å². The highest BCUT2D eigenvalue weighted by Gasteiger charge is 2.22. The lowest BCUT2D eigenvalue weighted by Crippen LogP contribution is -2.49. The van der Waals surface area contributed by atoms with Crippen LogP contribution in [0.1, 0.15) is 38.7 Å². The number of hydrogen-bond donors (Lipinski definition) is 2. The molecule has 0 amide bonds. The van der Waals surface area contributed by atoms with Crippen molar-refractivity contribution in [3.05, 3.63) is 29.8 Å². The molecule has 1 fully saturated rings. The summed E-state index contributed by atoms with van der Waals surface area (Å²) in [7, 11) is 1.69. The molecule has 0 aliphatic carbocycles. The quantitative estimate of drug-likeness (QED) is 0.740. The molecule has 0 unspecified atom stereocenters. The molecule has 0 bridgehead atoms. The predicted molar refractivity (Wildman–Crippen MR) is 105 cm³/mol. The Kier molecular flexibility index (Phi) is 7.79. The Morgan fingerprint density at radius 1 is 1.29 bits per heavy atom. The summed E-state index contributed by atoms with van der Waals surface area (Å²) >= 11 is 5.40. The number of rotatable bonds is 7. The van der Waals surface area contributed by atoms with Crippen molar-refractivity contribution in [1.82, 2.24) is 15.5 Å². The van der Waals surface area contributed by atoms with Gasteiger partial charge in [0.15, 0.2) is 5.11 Å². The average molecular weight is 350 g/mol. The molecule has 2 N–H and O–H groups in total. The lowest BCUT2D eigenvalue weighted by Gasteiger charge is -2.38. The Bertz CT molecular complexity index is 506. The fraction of sp³-hybridized carbons (Fsp3) is 0.632. The van der Waals surface area contributed by atoms with Crippen molar-refractivity contribution in [1.29, 1.82) is 0 Å². The highest BCUT2D eigenvalue weighted by molar-refractivity contribution is 7.80. The summed E-state index contributed by atoms with van der Waals surface area (Å²) in [5, 5.41) is 7.41. The number of benzene rings is 1. The second-order valence-corrected chi connectivity index (χ2v) is 7.07. The first-order valence-corrected chi connectivity index (χ1v) is 9.41. The second kappa shape index (κ2) is 9.84. The van der Waals surface area contributed by atoms with Crippen LogP contribution < -0.4 is 15.4 Å². The SMILES string of the molecule is COc1ccc(CCNC(=S)NC[C@@H](C)N2CCCC[C@H]2C)cc1. The number of nitrogens with zero attached hydrogens (tertiary/aromatic N) is 1. The first-order valence-electron chi connectivity index (χ1n) is 9.00. The fourth-order valence-electron chi connectivity index (χ4n) is 3.31. The molecule has 1 aliphatic heterocycles. The van der Waals surface area contributed by atoms with E-state index in [1.54, 1.807) is 7.11 Å². The zero-order valence-electron chi connectivity index (χ0n) is 15.2. The summed E-state index contributed by atoms with van der Waals surface area (Å²) in [6.45, 7) is 7.57. The maximum atomic E-state index is 5.40. The van der Waals surface area contributed by atoms with Crippen LogP contribution in [0.4, 0.5) is 0 Å². The van der Waals surface area contributed by atoms with E-state index >= 15 is 0 Å². The number of hydrogen-bond acceptors (Lipinski definition) is 3. The molecule has 0 aromatic heterocycles. The van der Waals surface area contributed by atoms with Crippen molar-refractivity contribution in [3.8, 4) is 5.75 Å². The predicted octanol–water partition coefficient (Wildman–Crippen LogP) is 2.96. The maximum absolute atomic E-state index is 5.40. The Labute approximate surface area is 152 Å². The van der Waals surface area contributed by atoms with E-state index in [1.165, 1.54) is 31.4 Å². The Morgan fingerprint density at radius 2 is 2.04 bits per heavy atom. The van der Waals surface area contributed by atoms with Gasteiger partial charge in [-0.15, -0.1) is 0 Å². The largest absolute Gasteiger partial charge is 0.497 e. The number of thiocarbonyl (C=S) groups is 1. The van der Waals surface area contributed by atoms with Crippen molar-refractivity contribution in [3.63, 3.8) is 0 Å². The average Bonchev–Trinajstić information content (AvgIpc) is 2.60. The summed E-state index contributed by atoms with van der Waals surface area (Å²) in [5.41, 5.74) is 1.28. The van der Waals surface area contributed by atoms with Crippen molar-refractivity contribution in [2.75, 3.05) is 26.7 Å². The van der Waals surface area contributed by atoms with Gasteiger partial charge >= 0.3 is 0 Å². The number of piperidine rings is 1. The van der Waals surface area contributed by atoms with E-state index in [4.69, 9.17) is 17.0 Å². The van der Waals surface area contributed by atoms with Gasteiger partial charge in [-0.05, 0) is 69.6 Å². The van der Waals surface area contributed by atoms with Gasteiger partial charge in [-0.2, -0.15) is 0 Å². The molecular formula is C19H31N3OS. The fourth-order valence-corrected chi connectivity index (χ4v) is 3.49. The van der Waals surface area contributed by atoms with Crippen molar-refractivity contribution >= 4 is 17.3 Å². The molecule has 1 saturated heterocycles. The minimum atomic E-state index is 0.515. The van der Waals surface area contributed by atoms with Gasteiger partial charge in [-0.25, -0.2) is 0 Å². The van der Waals surface area contributed by atoms with Gasteiger partial charge in [-0.1, -0.05) is 18.6 Å². The molecule has 1 aromatic carbocycles. The molecule has 2 atom stereocenters. The number of nitrogens with one attached hydrogen (secondary N) is 2. The molecule has 24 heavy (non-hydrogen) atoms. The first kappa shape index (κ1) is 19.0. The minimum Gasteiger partial charge on any atom is -0.497 e. The summed E-state index contributed by atoms with van der Waals surface area (Å²) in [4.78, 5) is 2.59. The van der Waals surface area contributed by atoms with Crippen LogP contribution >= 0.6 is 12.2 Å². The first-order chi connectivity index (χ1) is 11.6. The summed E-state index contributed by atoms with van der Waals surface area (Å²) in [6.07, 6.45) is 4.95. The Morgan fingerprint density at radius 3 is 2.71 bits per heavy atom. The second-order valence-electron chi connectivity index (χ2n) is 6.67. The molecule has 5 heteroatoms. The van der Waals surface area contributed by atoms with Crippen LogP contribution in [0.2, 0.25) is 0 Å². The lowest BCUT2D eigenvalue weighted by atomic mass is 10.0. The molecule has 1 aromatic rings. The normalized spacial score (nSPS) is 19.5. The smallest absolute Gasteiger partial charge is 0.166 e. The van der Waals surface area contributed by atoms with Crippen LogP contribution in [-0.4, -0.2) is 48.8 Å². The third kappa shape index (κ3) is 5.95. The van der Waals surface area contributed by atoms with Crippen molar-refractivity contribution < 1.29 is 4.74 Å². The maximum Gasteiger partial charge on any atom is 0.166 e. The third-order valence-electron chi connectivity index (χ3n) is 4.84. The van der Waals surface area contributed by atoms with Gasteiger partial charge in [0.25, 0.3) is 0 Å². The number of methoxy groups -OCH3 is 1. The van der Waals surface area contributed by atoms with Gasteiger partial charge in [0.05, 0.1) is 7.11 Å². The lowest BCUT2D eigenvalue weighted by molar-refractivity contribution is 0.116. The van der Waals surface area contributed by atoms with Gasteiger partial charge in [0.1, 0.15) is 5.75 Å². The van der Waals surface area contributed by atoms with Crippen LogP contribution in [0, 0.1) is 0 Å². The van der Waals surface area contributed by atoms with Gasteiger partial charge < -0.3 is 15.4 Å². The van der Waals surface area contributed by atoms with E-state index in [0.717, 1.165) is 30.4 Å². The monoisotopic (exact) mass is 349 g/mol. The third-order valence-corrected chi connectivity index (χ3v) is 5.13. The molecule has 1 heterocycles. The summed E-state index contributed by atoms with van der Waals surface area (Å²) < 4.78 is 5.17. The standard InChI is InChI=1S/C19H31N3OS/c1-15-6-4-5-13-22(15)16(2)14-21-19(24)20-12-11-17-7-9-18(23-3)10-8-17/h7-10,15-16H,4-6,11-14H2,1-3H3,(H2,20,21,24)/t15-,16-/m1/s1. The molecule has 0 saturated carbocycles. The van der Waals surface area contributed by atoms with E-state index in [-0.39, 0.29) is 0 Å². The van der Waals surface area contributed by atoms with Crippen LogP contribution in [0.5, 0.6) is 5.75 Å². The topological polar surface area (TPSA) is 36.5 Å². The number of likely N-dealkylation sites (tertiary alicyclic amines) is 1. The molecule has 4 nitrogen and oxygen atoms in total. The highest BCUT2D eigenvalue weighted by Crippen LogP contribution is 2.18. The van der Waals surface area contributed by atoms with Crippen LogP contribution in [0.3, 0.4) is 0 Å². The minimum absolute atomic E-state index is 0.515. The van der Waals surface area contributed by atoms with Crippen molar-refractivity contribution in [2.24, 2.45) is 0 Å². The molecule has 134 valence electrons. The van der Waals surface area contributed by atoms with Crippen LogP contribution in [0.15, 0.2) is 24.3 Å². The molecular weight excluding hydrogens is 318 g/mol. The van der Waals surface area contributed by atoms with E-state index < -0.39 is 0 Å². The van der Waals surface area contributed by atoms with Gasteiger partial charge in [0.2, 0.25) is 0 Å². The van der Waals surface area contributed by atoms with E-state index in [1.807, 2.05) is 12.1 Å². The zero-order valence-corrected chi connectivity index (χ0v) is 16.0. The molecule has 2 rings (SSSR count). The van der Waals surface area contributed by atoms with Gasteiger partial charge in [0, 0.05) is 25.2 Å². The number of ether oxygens (including phenoxy) is 1. The molecule has 0 radical (unpaired) electrons.